The van der Waals surface area contributed by atoms with Crippen molar-refractivity contribution in [2.45, 2.75) is 38.1 Å². The molecule has 0 radical (unpaired) electrons. The number of hydrogen-bond acceptors (Lipinski definition) is 1. The summed E-state index contributed by atoms with van der Waals surface area (Å²) >= 11 is 5.93. The first-order valence-electron chi connectivity index (χ1n) is 7.28. The Labute approximate surface area is 130 Å². The Kier molecular flexibility index (Phi) is 3.66. The summed E-state index contributed by atoms with van der Waals surface area (Å²) in [6.45, 7) is 4.56. The highest BCUT2D eigenvalue weighted by molar-refractivity contribution is 6.30. The van der Waals surface area contributed by atoms with E-state index in [-0.39, 0.29) is 17.3 Å². The third kappa shape index (κ3) is 2.91. The highest BCUT2D eigenvalue weighted by Gasteiger charge is 2.32. The molecule has 1 N–H and O–H groups in total. The molecule has 3 heteroatoms. The van der Waals surface area contributed by atoms with Crippen molar-refractivity contribution in [1.82, 2.24) is 0 Å². The average molecular weight is 304 g/mol. The van der Waals surface area contributed by atoms with Gasteiger partial charge in [0.1, 0.15) is 5.82 Å². The molecule has 0 saturated heterocycles. The quantitative estimate of drug-likeness (QED) is 0.750. The van der Waals surface area contributed by atoms with Gasteiger partial charge in [0.2, 0.25) is 0 Å². The van der Waals surface area contributed by atoms with Crippen molar-refractivity contribution in [2.24, 2.45) is 0 Å². The molecule has 2 aromatic rings. The Morgan fingerprint density at radius 3 is 2.71 bits per heavy atom. The van der Waals surface area contributed by atoms with E-state index >= 15 is 0 Å². The average Bonchev–Trinajstić information content (AvgIpc) is 2.41. The van der Waals surface area contributed by atoms with E-state index in [1.54, 1.807) is 6.07 Å². The lowest BCUT2D eigenvalue weighted by atomic mass is 9.71. The van der Waals surface area contributed by atoms with E-state index in [0.717, 1.165) is 18.5 Å². The number of fused-ring (bicyclic) bond motifs is 1. The molecule has 1 unspecified atom stereocenters. The van der Waals surface area contributed by atoms with E-state index in [1.165, 1.54) is 23.3 Å². The lowest BCUT2D eigenvalue weighted by molar-refractivity contribution is 0.406. The summed E-state index contributed by atoms with van der Waals surface area (Å²) in [6, 6.07) is 13.3. The first-order chi connectivity index (χ1) is 9.95. The van der Waals surface area contributed by atoms with Crippen LogP contribution in [0.5, 0.6) is 0 Å². The maximum absolute atomic E-state index is 13.5. The van der Waals surface area contributed by atoms with Gasteiger partial charge in [0.15, 0.2) is 0 Å². The number of halogens is 2. The van der Waals surface area contributed by atoms with Crippen LogP contribution in [0.15, 0.2) is 42.5 Å². The van der Waals surface area contributed by atoms with Crippen molar-refractivity contribution in [3.8, 4) is 0 Å². The summed E-state index contributed by atoms with van der Waals surface area (Å²) in [6.07, 6.45) is 2.13. The largest absolute Gasteiger partial charge is 0.378 e. The standard InChI is InChI=1S/C18H19ClFN/c1-18(2)8-7-17(15-5-3-4-6-16(15)18)21-14-10-12(19)9-13(20)11-14/h3-6,9-11,17,21H,7-8H2,1-2H3. The van der Waals surface area contributed by atoms with Gasteiger partial charge in [-0.15, -0.1) is 0 Å². The first-order valence-corrected chi connectivity index (χ1v) is 7.65. The highest BCUT2D eigenvalue weighted by Crippen LogP contribution is 2.42. The third-order valence-corrected chi connectivity index (χ3v) is 4.55. The number of nitrogens with one attached hydrogen (secondary N) is 1. The van der Waals surface area contributed by atoms with Gasteiger partial charge >= 0.3 is 0 Å². The number of benzene rings is 2. The van der Waals surface area contributed by atoms with Crippen LogP contribution in [0.4, 0.5) is 10.1 Å². The van der Waals surface area contributed by atoms with E-state index in [0.29, 0.717) is 5.02 Å². The fourth-order valence-electron chi connectivity index (χ4n) is 3.20. The summed E-state index contributed by atoms with van der Waals surface area (Å²) in [5.74, 6) is -0.311. The Morgan fingerprint density at radius 1 is 1.19 bits per heavy atom. The molecule has 3 rings (SSSR count). The van der Waals surface area contributed by atoms with Gasteiger partial charge in [-0.3, -0.25) is 0 Å². The van der Waals surface area contributed by atoms with Crippen LogP contribution in [0.25, 0.3) is 0 Å². The van der Waals surface area contributed by atoms with Crippen LogP contribution in [0.3, 0.4) is 0 Å². The molecule has 0 fully saturated rings. The van der Waals surface area contributed by atoms with Crippen molar-refractivity contribution < 1.29 is 4.39 Å². The Bertz CT molecular complexity index is 646. The van der Waals surface area contributed by atoms with Crippen LogP contribution in [0.2, 0.25) is 5.02 Å². The first kappa shape index (κ1) is 14.4. The van der Waals surface area contributed by atoms with Crippen molar-refractivity contribution in [1.29, 1.82) is 0 Å². The van der Waals surface area contributed by atoms with Gasteiger partial charge in [-0.2, -0.15) is 0 Å². The van der Waals surface area contributed by atoms with E-state index in [9.17, 15) is 4.39 Å². The van der Waals surface area contributed by atoms with E-state index in [2.05, 4.69) is 43.4 Å². The molecule has 1 nitrogen and oxygen atoms in total. The van der Waals surface area contributed by atoms with E-state index in [4.69, 9.17) is 11.6 Å². The van der Waals surface area contributed by atoms with Crippen molar-refractivity contribution >= 4 is 17.3 Å². The zero-order valence-corrected chi connectivity index (χ0v) is 13.0. The molecule has 1 aliphatic carbocycles. The number of hydrogen-bond donors (Lipinski definition) is 1. The molecular formula is C18H19ClFN. The summed E-state index contributed by atoms with van der Waals surface area (Å²) in [7, 11) is 0. The van der Waals surface area contributed by atoms with Gasteiger partial charge in [0.25, 0.3) is 0 Å². The zero-order chi connectivity index (χ0) is 15.0. The second-order valence-electron chi connectivity index (χ2n) is 6.36. The molecule has 0 aromatic heterocycles. The molecule has 21 heavy (non-hydrogen) atoms. The fourth-order valence-corrected chi connectivity index (χ4v) is 3.42. The molecule has 0 spiro atoms. The van der Waals surface area contributed by atoms with E-state index in [1.807, 2.05) is 0 Å². The SMILES string of the molecule is CC1(C)CCC(Nc2cc(F)cc(Cl)c2)c2ccccc21. The number of rotatable bonds is 2. The van der Waals surface area contributed by atoms with Crippen LogP contribution in [-0.4, -0.2) is 0 Å². The molecule has 1 aliphatic rings. The minimum absolute atomic E-state index is 0.189. The van der Waals surface area contributed by atoms with Gasteiger partial charge in [-0.25, -0.2) is 4.39 Å². The molecular weight excluding hydrogens is 285 g/mol. The Balaban J connectivity index is 1.93. The summed E-state index contributed by atoms with van der Waals surface area (Å²) in [5.41, 5.74) is 3.60. The molecule has 0 amide bonds. The number of anilines is 1. The second-order valence-corrected chi connectivity index (χ2v) is 6.80. The van der Waals surface area contributed by atoms with Crippen LogP contribution in [0, 0.1) is 5.82 Å². The predicted octanol–water partition coefficient (Wildman–Crippen LogP) is 5.70. The fraction of sp³-hybridized carbons (Fsp3) is 0.333. The monoisotopic (exact) mass is 303 g/mol. The topological polar surface area (TPSA) is 12.0 Å². The Hall–Kier alpha value is -1.54. The summed E-state index contributed by atoms with van der Waals surface area (Å²) < 4.78 is 13.5. The van der Waals surface area contributed by atoms with Crippen molar-refractivity contribution in [3.05, 3.63) is 64.4 Å². The highest BCUT2D eigenvalue weighted by atomic mass is 35.5. The van der Waals surface area contributed by atoms with Gasteiger partial charge in [0.05, 0.1) is 6.04 Å². The minimum Gasteiger partial charge on any atom is -0.378 e. The summed E-state index contributed by atoms with van der Waals surface area (Å²) in [4.78, 5) is 0. The smallest absolute Gasteiger partial charge is 0.126 e. The van der Waals surface area contributed by atoms with Crippen LogP contribution < -0.4 is 5.32 Å². The molecule has 1 atom stereocenters. The van der Waals surface area contributed by atoms with Crippen molar-refractivity contribution in [2.75, 3.05) is 5.32 Å². The zero-order valence-electron chi connectivity index (χ0n) is 12.3. The van der Waals surface area contributed by atoms with Gasteiger partial charge in [-0.1, -0.05) is 49.7 Å². The van der Waals surface area contributed by atoms with Crippen molar-refractivity contribution in [3.63, 3.8) is 0 Å². The summed E-state index contributed by atoms with van der Waals surface area (Å²) in [5, 5.41) is 3.85. The van der Waals surface area contributed by atoms with Gasteiger partial charge < -0.3 is 5.32 Å². The van der Waals surface area contributed by atoms with Crippen LogP contribution in [-0.2, 0) is 5.41 Å². The van der Waals surface area contributed by atoms with Crippen LogP contribution in [0.1, 0.15) is 43.9 Å². The normalized spacial score (nSPS) is 19.9. The molecule has 0 saturated carbocycles. The maximum atomic E-state index is 13.5. The molecule has 0 bridgehead atoms. The third-order valence-electron chi connectivity index (χ3n) is 4.33. The predicted molar refractivity (Wildman–Crippen MR) is 86.5 cm³/mol. The lowest BCUT2D eigenvalue weighted by Crippen LogP contribution is -2.29. The van der Waals surface area contributed by atoms with Gasteiger partial charge in [-0.05, 0) is 47.6 Å². The lowest BCUT2D eigenvalue weighted by Gasteiger charge is -2.37. The molecule has 2 aromatic carbocycles. The second kappa shape index (κ2) is 5.34. The van der Waals surface area contributed by atoms with Crippen LogP contribution >= 0.6 is 11.6 Å². The molecule has 0 aliphatic heterocycles. The molecule has 110 valence electrons. The Morgan fingerprint density at radius 2 is 1.95 bits per heavy atom. The van der Waals surface area contributed by atoms with E-state index < -0.39 is 0 Å². The van der Waals surface area contributed by atoms with Gasteiger partial charge in [0, 0.05) is 10.7 Å². The minimum atomic E-state index is -0.311. The molecule has 0 heterocycles. The maximum Gasteiger partial charge on any atom is 0.126 e.